The first-order valence-electron chi connectivity index (χ1n) is 5.90. The van der Waals surface area contributed by atoms with Gasteiger partial charge >= 0.3 is 5.97 Å². The Labute approximate surface area is 92.0 Å². The fourth-order valence-corrected chi connectivity index (χ4v) is 1.46. The number of unbranched alkanes of at least 4 members (excludes halogenated alkanes) is 5. The number of rotatable bonds is 8. The van der Waals surface area contributed by atoms with E-state index in [1.54, 1.807) is 12.2 Å². The highest BCUT2D eigenvalue weighted by atomic mass is 16.5. The molecule has 0 fully saturated rings. The molecule has 1 aliphatic carbocycles. The van der Waals surface area contributed by atoms with Crippen LogP contribution in [-0.2, 0) is 9.53 Å². The Bertz CT molecular complexity index is 251. The maximum atomic E-state index is 11.2. The average Bonchev–Trinajstić information content (AvgIpc) is 2.14. The predicted octanol–water partition coefficient (Wildman–Crippen LogP) is 3.39. The minimum atomic E-state index is -0.175. The van der Waals surface area contributed by atoms with Crippen LogP contribution in [0.4, 0.5) is 0 Å². The van der Waals surface area contributed by atoms with Gasteiger partial charge in [-0.15, -0.1) is 0 Å². The van der Waals surface area contributed by atoms with Gasteiger partial charge < -0.3 is 4.74 Å². The van der Waals surface area contributed by atoms with Crippen LogP contribution >= 0.6 is 0 Å². The summed E-state index contributed by atoms with van der Waals surface area (Å²) in [4.78, 5) is 11.2. The molecule has 0 saturated heterocycles. The van der Waals surface area contributed by atoms with Crippen molar-refractivity contribution in [1.29, 1.82) is 0 Å². The van der Waals surface area contributed by atoms with Gasteiger partial charge in [-0.05, 0) is 18.6 Å². The highest BCUT2D eigenvalue weighted by Gasteiger charge is 2.10. The Morgan fingerprint density at radius 3 is 2.47 bits per heavy atom. The molecule has 0 atom stereocenters. The van der Waals surface area contributed by atoms with Crippen molar-refractivity contribution in [3.63, 3.8) is 0 Å². The molecule has 0 aromatic carbocycles. The molecule has 84 valence electrons. The summed E-state index contributed by atoms with van der Waals surface area (Å²) in [6, 6.07) is 0. The molecule has 1 rings (SSSR count). The quantitative estimate of drug-likeness (QED) is 0.451. The minimum Gasteiger partial charge on any atom is -0.462 e. The van der Waals surface area contributed by atoms with Gasteiger partial charge in [0.2, 0.25) is 0 Å². The lowest BCUT2D eigenvalue weighted by molar-refractivity contribution is -0.138. The van der Waals surface area contributed by atoms with Crippen molar-refractivity contribution in [2.24, 2.45) is 0 Å². The topological polar surface area (TPSA) is 26.3 Å². The van der Waals surface area contributed by atoms with Crippen molar-refractivity contribution in [2.45, 2.75) is 45.4 Å². The molecule has 2 nitrogen and oxygen atoms in total. The zero-order valence-corrected chi connectivity index (χ0v) is 9.50. The van der Waals surface area contributed by atoms with Crippen LogP contribution in [0.2, 0.25) is 0 Å². The summed E-state index contributed by atoms with van der Waals surface area (Å²) in [6.07, 6.45) is 12.7. The van der Waals surface area contributed by atoms with Crippen LogP contribution in [0, 0.1) is 0 Å². The third-order valence-electron chi connectivity index (χ3n) is 2.52. The van der Waals surface area contributed by atoms with Gasteiger partial charge in [-0.2, -0.15) is 0 Å². The summed E-state index contributed by atoms with van der Waals surface area (Å²) in [5, 5.41) is 0. The van der Waals surface area contributed by atoms with Gasteiger partial charge in [0.15, 0.2) is 0 Å². The predicted molar refractivity (Wildman–Crippen MR) is 61.6 cm³/mol. The third kappa shape index (κ3) is 4.82. The van der Waals surface area contributed by atoms with Crippen LogP contribution in [0.25, 0.3) is 0 Å². The largest absolute Gasteiger partial charge is 0.462 e. The first kappa shape index (κ1) is 12.0. The second-order valence-electron chi connectivity index (χ2n) is 3.88. The monoisotopic (exact) mass is 208 g/mol. The molecule has 0 radical (unpaired) electrons. The number of carbonyl (C=O) groups excluding carboxylic acids is 1. The molecule has 0 amide bonds. The fraction of sp³-hybridized carbons (Fsp3) is 0.615. The van der Waals surface area contributed by atoms with Crippen molar-refractivity contribution in [2.75, 3.05) is 6.61 Å². The van der Waals surface area contributed by atoms with E-state index in [1.807, 2.05) is 6.08 Å². The second kappa shape index (κ2) is 7.27. The summed E-state index contributed by atoms with van der Waals surface area (Å²) >= 11 is 0. The molecular formula is C13H20O2. The molecule has 0 aromatic heterocycles. The summed E-state index contributed by atoms with van der Waals surface area (Å²) in [5.74, 6) is -0.175. The Balaban J connectivity index is 1.86. The summed E-state index contributed by atoms with van der Waals surface area (Å²) < 4.78 is 5.09. The SMILES string of the molecule is CCCCCCCCOC(=O)C1=CC=C1. The lowest BCUT2D eigenvalue weighted by Gasteiger charge is -2.07. The van der Waals surface area contributed by atoms with E-state index in [1.165, 1.54) is 32.1 Å². The average molecular weight is 208 g/mol. The van der Waals surface area contributed by atoms with E-state index >= 15 is 0 Å². The molecule has 15 heavy (non-hydrogen) atoms. The Morgan fingerprint density at radius 1 is 1.20 bits per heavy atom. The molecule has 2 heteroatoms. The van der Waals surface area contributed by atoms with Gasteiger partial charge in [0, 0.05) is 0 Å². The van der Waals surface area contributed by atoms with Crippen LogP contribution in [0.3, 0.4) is 0 Å². The van der Waals surface area contributed by atoms with Gasteiger partial charge in [-0.3, -0.25) is 0 Å². The number of esters is 1. The smallest absolute Gasteiger partial charge is 0.338 e. The van der Waals surface area contributed by atoms with Crippen molar-refractivity contribution < 1.29 is 9.53 Å². The second-order valence-corrected chi connectivity index (χ2v) is 3.88. The summed E-state index contributed by atoms with van der Waals surface area (Å²) in [7, 11) is 0. The van der Waals surface area contributed by atoms with Crippen LogP contribution in [0.15, 0.2) is 23.8 Å². The van der Waals surface area contributed by atoms with E-state index in [2.05, 4.69) is 6.92 Å². The van der Waals surface area contributed by atoms with E-state index in [-0.39, 0.29) is 5.97 Å². The van der Waals surface area contributed by atoms with Gasteiger partial charge in [-0.1, -0.05) is 45.1 Å². The molecule has 1 aliphatic rings. The van der Waals surface area contributed by atoms with Crippen LogP contribution in [0.5, 0.6) is 0 Å². The Kier molecular flexibility index (Phi) is 5.83. The third-order valence-corrected chi connectivity index (χ3v) is 2.52. The van der Waals surface area contributed by atoms with Gasteiger partial charge in [0.05, 0.1) is 12.2 Å². The molecular weight excluding hydrogens is 188 g/mol. The van der Waals surface area contributed by atoms with Crippen molar-refractivity contribution in [3.05, 3.63) is 23.8 Å². The van der Waals surface area contributed by atoms with Crippen molar-refractivity contribution in [3.8, 4) is 0 Å². The van der Waals surface area contributed by atoms with E-state index in [0.717, 1.165) is 6.42 Å². The lowest BCUT2D eigenvalue weighted by atomic mass is 10.1. The number of carbonyl (C=O) groups is 1. The zero-order chi connectivity index (χ0) is 10.9. The normalized spacial score (nSPS) is 13.3. The minimum absolute atomic E-state index is 0.175. The van der Waals surface area contributed by atoms with E-state index in [4.69, 9.17) is 4.74 Å². The van der Waals surface area contributed by atoms with E-state index in [0.29, 0.717) is 12.2 Å². The molecule has 0 heterocycles. The number of allylic oxidation sites excluding steroid dienone is 2. The molecule has 0 saturated carbocycles. The molecule has 0 aromatic rings. The van der Waals surface area contributed by atoms with E-state index < -0.39 is 0 Å². The van der Waals surface area contributed by atoms with Gasteiger partial charge in [0.1, 0.15) is 0 Å². The number of hydrogen-bond donors (Lipinski definition) is 0. The molecule has 0 spiro atoms. The Hall–Kier alpha value is -1.05. The van der Waals surface area contributed by atoms with Gasteiger partial charge in [0.25, 0.3) is 0 Å². The summed E-state index contributed by atoms with van der Waals surface area (Å²) in [5.41, 5.74) is 0.695. The zero-order valence-electron chi connectivity index (χ0n) is 9.50. The number of ether oxygens (including phenoxy) is 1. The van der Waals surface area contributed by atoms with Crippen LogP contribution in [0.1, 0.15) is 45.4 Å². The Morgan fingerprint density at radius 2 is 1.87 bits per heavy atom. The standard InChI is InChI=1S/C13H20O2/c1-2-3-4-5-6-7-11-15-13(14)12-9-8-10-12/h8-10H,2-7,11H2,1H3. The molecule has 0 unspecified atom stereocenters. The first-order chi connectivity index (χ1) is 7.34. The lowest BCUT2D eigenvalue weighted by Crippen LogP contribution is -2.09. The van der Waals surface area contributed by atoms with Crippen molar-refractivity contribution in [1.82, 2.24) is 0 Å². The van der Waals surface area contributed by atoms with E-state index in [9.17, 15) is 4.79 Å². The maximum Gasteiger partial charge on any atom is 0.338 e. The maximum absolute atomic E-state index is 11.2. The molecule has 0 aliphatic heterocycles. The molecule has 0 bridgehead atoms. The molecule has 0 N–H and O–H groups in total. The summed E-state index contributed by atoms with van der Waals surface area (Å²) in [6.45, 7) is 2.78. The highest BCUT2D eigenvalue weighted by Crippen LogP contribution is 2.10. The first-order valence-corrected chi connectivity index (χ1v) is 5.90. The van der Waals surface area contributed by atoms with Crippen molar-refractivity contribution >= 4 is 5.97 Å². The van der Waals surface area contributed by atoms with Gasteiger partial charge in [-0.25, -0.2) is 4.79 Å². The highest BCUT2D eigenvalue weighted by molar-refractivity contribution is 5.94. The van der Waals surface area contributed by atoms with Crippen LogP contribution < -0.4 is 0 Å². The number of hydrogen-bond acceptors (Lipinski definition) is 2. The van der Waals surface area contributed by atoms with Crippen LogP contribution in [-0.4, -0.2) is 12.6 Å². The fourth-order valence-electron chi connectivity index (χ4n) is 1.46.